The summed E-state index contributed by atoms with van der Waals surface area (Å²) in [6, 6.07) is 6.80. The molecule has 0 saturated heterocycles. The zero-order valence-corrected chi connectivity index (χ0v) is 21.0. The Balaban J connectivity index is 2.92. The normalized spacial score (nSPS) is 18.2. The Labute approximate surface area is 174 Å². The number of rotatable bonds is 6. The van der Waals surface area contributed by atoms with Crippen LogP contribution in [0, 0.1) is 5.92 Å². The van der Waals surface area contributed by atoms with Gasteiger partial charge in [-0.3, -0.25) is 0 Å². The van der Waals surface area contributed by atoms with E-state index in [2.05, 4.69) is 74.4 Å². The van der Waals surface area contributed by atoms with Gasteiger partial charge in [0.15, 0.2) is 0 Å². The monoisotopic (exact) mass is 400 g/mol. The fourth-order valence-corrected chi connectivity index (χ4v) is 10.5. The molecule has 0 N–H and O–H groups in total. The van der Waals surface area contributed by atoms with Crippen molar-refractivity contribution in [3.63, 3.8) is 0 Å². The van der Waals surface area contributed by atoms with Gasteiger partial charge in [-0.1, -0.05) is 70.0 Å². The van der Waals surface area contributed by atoms with Crippen LogP contribution >= 0.6 is 0 Å². The molecular weight excluding hydrogens is 360 g/mol. The van der Waals surface area contributed by atoms with Gasteiger partial charge in [0.1, 0.15) is 19.6 Å². The van der Waals surface area contributed by atoms with Crippen LogP contribution in [0.3, 0.4) is 0 Å². The van der Waals surface area contributed by atoms with Crippen molar-refractivity contribution in [2.45, 2.75) is 79.8 Å². The quantitative estimate of drug-likeness (QED) is 0.505. The van der Waals surface area contributed by atoms with Gasteiger partial charge in [0.2, 0.25) is 0 Å². The smallest absolute Gasteiger partial charge is 0.122 e. The molecule has 0 saturated carbocycles. The second kappa shape index (κ2) is 8.10. The summed E-state index contributed by atoms with van der Waals surface area (Å²) in [5.41, 5.74) is 5.77. The summed E-state index contributed by atoms with van der Waals surface area (Å²) in [6.07, 6.45) is 0. The van der Waals surface area contributed by atoms with Crippen LogP contribution in [0.15, 0.2) is 34.0 Å². The zero-order chi connectivity index (χ0) is 21.4. The molecule has 1 unspecified atom stereocenters. The van der Waals surface area contributed by atoms with Crippen molar-refractivity contribution in [1.29, 1.82) is 0 Å². The predicted molar refractivity (Wildman–Crippen MR) is 125 cm³/mol. The molecule has 3 heteroatoms. The number of allylic oxidation sites excluding steroid dienone is 4. The maximum absolute atomic E-state index is 6.14. The molecule has 1 aromatic rings. The van der Waals surface area contributed by atoms with Crippen LogP contribution in [0.2, 0.25) is 12.1 Å². The Kier molecular flexibility index (Phi) is 6.60. The number of benzene rings is 1. The van der Waals surface area contributed by atoms with Gasteiger partial charge >= 0.3 is 0 Å². The van der Waals surface area contributed by atoms with Crippen molar-refractivity contribution in [1.82, 2.24) is 0 Å². The highest BCUT2D eigenvalue weighted by Crippen LogP contribution is 2.46. The fraction of sp³-hybridized carbons (Fsp3) is 0.600. The Morgan fingerprint density at radius 2 is 1.50 bits per heavy atom. The first-order valence-corrected chi connectivity index (χ1v) is 13.1. The van der Waals surface area contributed by atoms with E-state index in [9.17, 15) is 0 Å². The summed E-state index contributed by atoms with van der Waals surface area (Å²) in [4.78, 5) is 0. The van der Waals surface area contributed by atoms with Crippen molar-refractivity contribution >= 4 is 13.3 Å². The summed E-state index contributed by atoms with van der Waals surface area (Å²) in [6.45, 7) is 20.9. The van der Waals surface area contributed by atoms with Gasteiger partial charge in [0, 0.05) is 5.56 Å². The lowest BCUT2D eigenvalue weighted by atomic mass is 9.86. The molecule has 2 nitrogen and oxygen atoms in total. The summed E-state index contributed by atoms with van der Waals surface area (Å²) >= 11 is 0. The van der Waals surface area contributed by atoms with Crippen LogP contribution in [0.25, 0.3) is 0 Å². The minimum atomic E-state index is -1.99. The minimum Gasteiger partial charge on any atom is -0.497 e. The van der Waals surface area contributed by atoms with Crippen molar-refractivity contribution in [2.24, 2.45) is 5.92 Å². The van der Waals surface area contributed by atoms with E-state index < -0.39 is 8.07 Å². The molecule has 0 aliphatic heterocycles. The van der Waals surface area contributed by atoms with Gasteiger partial charge in [0.25, 0.3) is 0 Å². The van der Waals surface area contributed by atoms with Crippen molar-refractivity contribution in [2.75, 3.05) is 14.2 Å². The summed E-state index contributed by atoms with van der Waals surface area (Å²) in [5, 5.41) is 3.10. The Bertz CT molecular complexity index is 805. The van der Waals surface area contributed by atoms with Crippen molar-refractivity contribution in [3.05, 3.63) is 39.6 Å². The van der Waals surface area contributed by atoms with E-state index in [4.69, 9.17) is 9.47 Å². The molecule has 0 aromatic heterocycles. The van der Waals surface area contributed by atoms with Crippen LogP contribution in [0.5, 0.6) is 11.5 Å². The topological polar surface area (TPSA) is 18.5 Å². The first-order chi connectivity index (χ1) is 13.0. The van der Waals surface area contributed by atoms with E-state index in [-0.39, 0.29) is 5.41 Å². The van der Waals surface area contributed by atoms with Crippen LogP contribution in [-0.4, -0.2) is 22.3 Å². The predicted octanol–water partition coefficient (Wildman–Crippen LogP) is 6.54. The molecule has 2 rings (SSSR count). The molecule has 0 heterocycles. The SMILES string of the molecule is CC[Si](CC)(C1=C(C)C(C)=C(C)C1C)c1cc(OC)cc(C(C)(C)C)c1OC. The van der Waals surface area contributed by atoms with E-state index in [1.807, 2.05) is 7.11 Å². The molecule has 0 fully saturated rings. The second-order valence-corrected chi connectivity index (χ2v) is 14.0. The molecule has 1 aliphatic rings. The molecule has 1 atom stereocenters. The van der Waals surface area contributed by atoms with Crippen LogP contribution in [0.1, 0.15) is 67.9 Å². The lowest BCUT2D eigenvalue weighted by Crippen LogP contribution is -2.51. The molecule has 0 spiro atoms. The maximum Gasteiger partial charge on any atom is 0.122 e. The van der Waals surface area contributed by atoms with Crippen LogP contribution in [-0.2, 0) is 5.41 Å². The molecular formula is C25H40O2Si. The lowest BCUT2D eigenvalue weighted by molar-refractivity contribution is 0.391. The molecule has 1 aromatic carbocycles. The fourth-order valence-electron chi connectivity index (χ4n) is 5.15. The third-order valence-corrected chi connectivity index (χ3v) is 12.8. The Morgan fingerprint density at radius 3 is 1.86 bits per heavy atom. The maximum atomic E-state index is 6.14. The summed E-state index contributed by atoms with van der Waals surface area (Å²) < 4.78 is 11.9. The number of hydrogen-bond acceptors (Lipinski definition) is 2. The van der Waals surface area contributed by atoms with Gasteiger partial charge in [-0.15, -0.1) is 0 Å². The highest BCUT2D eigenvalue weighted by atomic mass is 28.3. The first kappa shape index (κ1) is 22.8. The number of methoxy groups -OCH3 is 2. The standard InChI is InChI=1S/C25H40O2Si/c1-12-28(13-2,24-18(5)16(3)17(4)19(24)6)22-15-20(26-10)14-21(23(22)27-11)25(7,8)9/h14-15,18H,12-13H2,1-11H3. The van der Waals surface area contributed by atoms with Gasteiger partial charge in [-0.25, -0.2) is 0 Å². The van der Waals surface area contributed by atoms with Crippen molar-refractivity contribution in [3.8, 4) is 11.5 Å². The first-order valence-electron chi connectivity index (χ1n) is 10.7. The highest BCUT2D eigenvalue weighted by molar-refractivity contribution is 6.98. The van der Waals surface area contributed by atoms with E-state index in [1.54, 1.807) is 12.3 Å². The van der Waals surface area contributed by atoms with E-state index in [1.165, 1.54) is 39.6 Å². The highest BCUT2D eigenvalue weighted by Gasteiger charge is 2.45. The average molecular weight is 401 g/mol. The van der Waals surface area contributed by atoms with Crippen LogP contribution < -0.4 is 14.7 Å². The average Bonchev–Trinajstić information content (AvgIpc) is 2.86. The second-order valence-electron chi connectivity index (χ2n) is 9.36. The molecule has 0 amide bonds. The molecule has 0 bridgehead atoms. The minimum absolute atomic E-state index is 0.00887. The van der Waals surface area contributed by atoms with Gasteiger partial charge in [-0.05, 0) is 55.0 Å². The summed E-state index contributed by atoms with van der Waals surface area (Å²) in [5.74, 6) is 2.55. The number of hydrogen-bond donors (Lipinski definition) is 0. The Hall–Kier alpha value is -1.48. The third kappa shape index (κ3) is 3.47. The molecule has 1 aliphatic carbocycles. The lowest BCUT2D eigenvalue weighted by Gasteiger charge is -2.38. The number of ether oxygens (including phenoxy) is 2. The van der Waals surface area contributed by atoms with Gasteiger partial charge in [-0.2, -0.15) is 0 Å². The van der Waals surface area contributed by atoms with Crippen molar-refractivity contribution < 1.29 is 9.47 Å². The van der Waals surface area contributed by atoms with Gasteiger partial charge in [0.05, 0.1) is 14.2 Å². The molecule has 156 valence electrons. The van der Waals surface area contributed by atoms with E-state index >= 15 is 0 Å². The summed E-state index contributed by atoms with van der Waals surface area (Å²) in [7, 11) is 1.62. The Morgan fingerprint density at radius 1 is 0.929 bits per heavy atom. The van der Waals surface area contributed by atoms with E-state index in [0.29, 0.717) is 5.92 Å². The molecule has 0 radical (unpaired) electrons. The third-order valence-electron chi connectivity index (χ3n) is 7.19. The van der Waals surface area contributed by atoms with Crippen LogP contribution in [0.4, 0.5) is 0 Å². The van der Waals surface area contributed by atoms with E-state index in [0.717, 1.165) is 11.5 Å². The zero-order valence-electron chi connectivity index (χ0n) is 20.0. The molecule has 28 heavy (non-hydrogen) atoms. The largest absolute Gasteiger partial charge is 0.497 e. The van der Waals surface area contributed by atoms with Gasteiger partial charge < -0.3 is 9.47 Å².